The van der Waals surface area contributed by atoms with Crippen LogP contribution < -0.4 is 4.74 Å². The van der Waals surface area contributed by atoms with Crippen molar-refractivity contribution >= 4 is 17.0 Å². The van der Waals surface area contributed by atoms with Gasteiger partial charge in [0.25, 0.3) is 0 Å². The van der Waals surface area contributed by atoms with Crippen molar-refractivity contribution in [3.8, 4) is 16.9 Å². The molecule has 1 aliphatic heterocycles. The third-order valence-corrected chi connectivity index (χ3v) is 7.15. The van der Waals surface area contributed by atoms with Gasteiger partial charge in [-0.25, -0.2) is 4.79 Å². The Kier molecular flexibility index (Phi) is 6.78. The fraction of sp³-hybridized carbons (Fsp3) is 0.355. The van der Waals surface area contributed by atoms with Crippen LogP contribution >= 0.6 is 0 Å². The van der Waals surface area contributed by atoms with Crippen LogP contribution in [0, 0.1) is 0 Å². The molecule has 5 rings (SSSR count). The standard InChI is InChI=1S/C31H35N3O3/c1-21(22-12-14-25(36-5)15-13-22)33-16-8-11-28(33)24-17-23(18-32-19-24)27-20-34(30(35)37-31(2,3)4)29-10-7-6-9-26(27)29/h6-7,9-10,12-15,17-21,28H,8,11,16H2,1-5H3. The number of ether oxygens (including phenoxy) is 2. The van der Waals surface area contributed by atoms with Gasteiger partial charge in [0.2, 0.25) is 0 Å². The zero-order valence-corrected chi connectivity index (χ0v) is 22.3. The van der Waals surface area contributed by atoms with Gasteiger partial charge in [-0.1, -0.05) is 30.3 Å². The van der Waals surface area contributed by atoms with Gasteiger partial charge >= 0.3 is 6.09 Å². The number of methoxy groups -OCH3 is 1. The van der Waals surface area contributed by atoms with Crippen molar-refractivity contribution in [2.45, 2.75) is 58.2 Å². The van der Waals surface area contributed by atoms with E-state index in [1.165, 1.54) is 11.1 Å². The Bertz CT molecular complexity index is 1400. The third-order valence-electron chi connectivity index (χ3n) is 7.15. The summed E-state index contributed by atoms with van der Waals surface area (Å²) in [6.07, 6.45) is 7.61. The number of fused-ring (bicyclic) bond motifs is 1. The van der Waals surface area contributed by atoms with Crippen LogP contribution in [0.4, 0.5) is 4.79 Å². The van der Waals surface area contributed by atoms with Gasteiger partial charge in [-0.05, 0) is 82.5 Å². The molecule has 37 heavy (non-hydrogen) atoms. The first-order chi connectivity index (χ1) is 17.7. The molecule has 2 aromatic carbocycles. The van der Waals surface area contributed by atoms with Crippen LogP contribution in [0.15, 0.2) is 73.2 Å². The summed E-state index contributed by atoms with van der Waals surface area (Å²) in [4.78, 5) is 20.2. The van der Waals surface area contributed by atoms with E-state index >= 15 is 0 Å². The number of pyridine rings is 1. The molecule has 6 nitrogen and oxygen atoms in total. The normalized spacial score (nSPS) is 17.2. The molecule has 0 N–H and O–H groups in total. The maximum Gasteiger partial charge on any atom is 0.419 e. The van der Waals surface area contributed by atoms with Crippen LogP contribution in [0.5, 0.6) is 5.75 Å². The number of benzene rings is 2. The molecule has 1 saturated heterocycles. The number of likely N-dealkylation sites (tertiary alicyclic amines) is 1. The number of carbonyl (C=O) groups is 1. The summed E-state index contributed by atoms with van der Waals surface area (Å²) < 4.78 is 12.6. The molecule has 2 atom stereocenters. The molecule has 3 heterocycles. The summed E-state index contributed by atoms with van der Waals surface area (Å²) in [6.45, 7) is 8.95. The molecule has 0 aliphatic carbocycles. The smallest absolute Gasteiger partial charge is 0.419 e. The number of aromatic nitrogens is 2. The molecule has 2 aromatic heterocycles. The molecule has 0 radical (unpaired) electrons. The summed E-state index contributed by atoms with van der Waals surface area (Å²) in [5.41, 5.74) is 4.70. The van der Waals surface area contributed by atoms with Crippen molar-refractivity contribution in [1.29, 1.82) is 0 Å². The second kappa shape index (κ2) is 10.0. The minimum absolute atomic E-state index is 0.274. The number of hydrogen-bond donors (Lipinski definition) is 0. The molecule has 6 heteroatoms. The van der Waals surface area contributed by atoms with Crippen molar-refractivity contribution in [3.05, 3.63) is 84.3 Å². The zero-order chi connectivity index (χ0) is 26.2. The van der Waals surface area contributed by atoms with E-state index in [9.17, 15) is 4.79 Å². The first-order valence-corrected chi connectivity index (χ1v) is 12.9. The lowest BCUT2D eigenvalue weighted by Gasteiger charge is -2.31. The van der Waals surface area contributed by atoms with Crippen molar-refractivity contribution in [1.82, 2.24) is 14.5 Å². The van der Waals surface area contributed by atoms with Gasteiger partial charge in [0.05, 0.1) is 12.6 Å². The molecular formula is C31H35N3O3. The minimum atomic E-state index is -0.573. The molecule has 1 fully saturated rings. The molecule has 0 amide bonds. The summed E-state index contributed by atoms with van der Waals surface area (Å²) >= 11 is 0. The summed E-state index contributed by atoms with van der Waals surface area (Å²) in [5.74, 6) is 0.872. The van der Waals surface area contributed by atoms with Crippen molar-refractivity contribution in [2.24, 2.45) is 0 Å². The van der Waals surface area contributed by atoms with E-state index in [-0.39, 0.29) is 18.2 Å². The molecule has 0 bridgehead atoms. The van der Waals surface area contributed by atoms with Gasteiger partial charge < -0.3 is 9.47 Å². The Balaban J connectivity index is 1.48. The topological polar surface area (TPSA) is 56.6 Å². The highest BCUT2D eigenvalue weighted by Gasteiger charge is 2.31. The van der Waals surface area contributed by atoms with Crippen molar-refractivity contribution in [2.75, 3.05) is 13.7 Å². The molecule has 0 saturated carbocycles. The van der Waals surface area contributed by atoms with E-state index in [1.807, 2.05) is 75.8 Å². The Morgan fingerprint density at radius 2 is 1.84 bits per heavy atom. The van der Waals surface area contributed by atoms with E-state index < -0.39 is 5.60 Å². The number of para-hydroxylation sites is 1. The largest absolute Gasteiger partial charge is 0.497 e. The lowest BCUT2D eigenvalue weighted by atomic mass is 9.99. The van der Waals surface area contributed by atoms with E-state index in [0.717, 1.165) is 47.2 Å². The van der Waals surface area contributed by atoms with Gasteiger partial charge in [-0.15, -0.1) is 0 Å². The summed E-state index contributed by atoms with van der Waals surface area (Å²) in [7, 11) is 1.69. The highest BCUT2D eigenvalue weighted by Crippen LogP contribution is 2.40. The number of rotatable bonds is 5. The van der Waals surface area contributed by atoms with Gasteiger partial charge in [-0.3, -0.25) is 14.5 Å². The maximum absolute atomic E-state index is 13.0. The van der Waals surface area contributed by atoms with Gasteiger partial charge in [0.15, 0.2) is 0 Å². The predicted molar refractivity (Wildman–Crippen MR) is 147 cm³/mol. The predicted octanol–water partition coefficient (Wildman–Crippen LogP) is 7.39. The SMILES string of the molecule is COc1ccc(C(C)N2CCCC2c2cncc(-c3cn(C(=O)OC(C)(C)C)c4ccccc34)c2)cc1. The second-order valence-corrected chi connectivity index (χ2v) is 10.8. The van der Waals surface area contributed by atoms with Crippen LogP contribution in [-0.2, 0) is 4.74 Å². The third kappa shape index (κ3) is 5.12. The average molecular weight is 498 g/mol. The highest BCUT2D eigenvalue weighted by molar-refractivity contribution is 6.00. The highest BCUT2D eigenvalue weighted by atomic mass is 16.6. The maximum atomic E-state index is 13.0. The zero-order valence-electron chi connectivity index (χ0n) is 22.3. The Hall–Kier alpha value is -3.64. The van der Waals surface area contributed by atoms with E-state index in [0.29, 0.717) is 0 Å². The molecule has 2 unspecified atom stereocenters. The quantitative estimate of drug-likeness (QED) is 0.288. The average Bonchev–Trinajstić information content (AvgIpc) is 3.53. The van der Waals surface area contributed by atoms with Crippen LogP contribution in [0.3, 0.4) is 0 Å². The van der Waals surface area contributed by atoms with Crippen LogP contribution in [-0.4, -0.2) is 39.8 Å². The lowest BCUT2D eigenvalue weighted by molar-refractivity contribution is 0.0544. The van der Waals surface area contributed by atoms with Crippen LogP contribution in [0.1, 0.15) is 63.7 Å². The molecule has 1 aliphatic rings. The van der Waals surface area contributed by atoms with Crippen LogP contribution in [0.2, 0.25) is 0 Å². The first-order valence-electron chi connectivity index (χ1n) is 12.9. The summed E-state index contributed by atoms with van der Waals surface area (Å²) in [5, 5.41) is 1.00. The van der Waals surface area contributed by atoms with Gasteiger partial charge in [0.1, 0.15) is 11.4 Å². The molecule has 192 valence electrons. The monoisotopic (exact) mass is 497 g/mol. The fourth-order valence-corrected chi connectivity index (χ4v) is 5.34. The minimum Gasteiger partial charge on any atom is -0.497 e. The first kappa shape index (κ1) is 25.0. The number of nitrogens with zero attached hydrogens (tertiary/aromatic N) is 3. The van der Waals surface area contributed by atoms with Gasteiger partial charge in [-0.2, -0.15) is 0 Å². The Morgan fingerprint density at radius 3 is 2.57 bits per heavy atom. The van der Waals surface area contributed by atoms with Crippen molar-refractivity contribution < 1.29 is 14.3 Å². The Labute approximate surface area is 218 Å². The van der Waals surface area contributed by atoms with Crippen molar-refractivity contribution in [3.63, 3.8) is 0 Å². The molecule has 0 spiro atoms. The molecular weight excluding hydrogens is 462 g/mol. The second-order valence-electron chi connectivity index (χ2n) is 10.8. The molecule has 4 aromatic rings. The van der Waals surface area contributed by atoms with E-state index in [1.54, 1.807) is 11.7 Å². The fourth-order valence-electron chi connectivity index (χ4n) is 5.34. The van der Waals surface area contributed by atoms with E-state index in [2.05, 4.69) is 35.0 Å². The number of carbonyl (C=O) groups excluding carboxylic acids is 1. The van der Waals surface area contributed by atoms with E-state index in [4.69, 9.17) is 9.47 Å². The number of hydrogen-bond acceptors (Lipinski definition) is 5. The lowest BCUT2D eigenvalue weighted by Crippen LogP contribution is -2.26. The van der Waals surface area contributed by atoms with Crippen LogP contribution in [0.25, 0.3) is 22.0 Å². The summed E-state index contributed by atoms with van der Waals surface area (Å²) in [6, 6.07) is 19.1. The van der Waals surface area contributed by atoms with Gasteiger partial charge in [0, 0.05) is 47.2 Å². The Morgan fingerprint density at radius 1 is 1.08 bits per heavy atom.